The monoisotopic (exact) mass is 402 g/mol. The van der Waals surface area contributed by atoms with Gasteiger partial charge in [0, 0.05) is 37.1 Å². The third-order valence-electron chi connectivity index (χ3n) is 5.96. The van der Waals surface area contributed by atoms with Crippen LogP contribution in [0.4, 0.5) is 5.82 Å². The van der Waals surface area contributed by atoms with Gasteiger partial charge in [-0.2, -0.15) is 0 Å². The molecule has 0 atom stereocenters. The van der Waals surface area contributed by atoms with Crippen LogP contribution < -0.4 is 4.90 Å². The number of piperazine rings is 1. The van der Waals surface area contributed by atoms with E-state index in [1.807, 2.05) is 12.1 Å². The number of oxime groups is 1. The molecular formula is C25H30N4O. The van der Waals surface area contributed by atoms with Crippen LogP contribution in [0, 0.1) is 0 Å². The first-order chi connectivity index (χ1) is 14.7. The number of pyridine rings is 1. The van der Waals surface area contributed by atoms with E-state index in [2.05, 4.69) is 71.3 Å². The van der Waals surface area contributed by atoms with Crippen molar-refractivity contribution >= 4 is 22.3 Å². The number of fused-ring (bicyclic) bond motifs is 1. The van der Waals surface area contributed by atoms with Crippen molar-refractivity contribution in [3.8, 4) is 11.3 Å². The lowest BCUT2D eigenvalue weighted by Crippen LogP contribution is -2.46. The number of nitrogens with zero attached hydrogens (tertiary/aromatic N) is 4. The smallest absolute Gasteiger partial charge is 0.137 e. The second kappa shape index (κ2) is 9.26. The van der Waals surface area contributed by atoms with Gasteiger partial charge in [-0.1, -0.05) is 74.0 Å². The van der Waals surface area contributed by atoms with Gasteiger partial charge >= 0.3 is 0 Å². The molecule has 156 valence electrons. The van der Waals surface area contributed by atoms with Crippen LogP contribution in [-0.4, -0.2) is 53.5 Å². The first-order valence-electron chi connectivity index (χ1n) is 10.9. The first kappa shape index (κ1) is 20.4. The lowest BCUT2D eigenvalue weighted by atomic mass is 10.0. The van der Waals surface area contributed by atoms with Gasteiger partial charge in [0.25, 0.3) is 0 Å². The molecule has 0 saturated carbocycles. The summed E-state index contributed by atoms with van der Waals surface area (Å²) in [5.74, 6) is 1.08. The average molecular weight is 403 g/mol. The maximum atomic E-state index is 9.30. The summed E-state index contributed by atoms with van der Waals surface area (Å²) in [6.45, 7) is 9.56. The minimum atomic E-state index is 0.727. The molecular weight excluding hydrogens is 372 g/mol. The Bertz CT molecular complexity index is 1020. The second-order valence-electron chi connectivity index (χ2n) is 7.85. The molecule has 5 heteroatoms. The van der Waals surface area contributed by atoms with Crippen molar-refractivity contribution in [3.05, 3.63) is 60.2 Å². The zero-order valence-electron chi connectivity index (χ0n) is 17.9. The molecule has 0 unspecified atom stereocenters. The van der Waals surface area contributed by atoms with Crippen molar-refractivity contribution in [1.29, 1.82) is 0 Å². The summed E-state index contributed by atoms with van der Waals surface area (Å²) in [5, 5.41) is 15.2. The first-order valence-corrected chi connectivity index (χ1v) is 10.9. The summed E-state index contributed by atoms with van der Waals surface area (Å²) < 4.78 is 0. The third kappa shape index (κ3) is 4.17. The van der Waals surface area contributed by atoms with E-state index in [0.717, 1.165) is 73.9 Å². The van der Waals surface area contributed by atoms with Gasteiger partial charge in [-0.15, -0.1) is 0 Å². The van der Waals surface area contributed by atoms with Crippen LogP contribution in [0.25, 0.3) is 22.0 Å². The van der Waals surface area contributed by atoms with E-state index in [9.17, 15) is 5.21 Å². The van der Waals surface area contributed by atoms with Gasteiger partial charge in [0.1, 0.15) is 5.82 Å². The molecule has 0 aliphatic carbocycles. The number of benzene rings is 2. The predicted molar refractivity (Wildman–Crippen MR) is 125 cm³/mol. The van der Waals surface area contributed by atoms with E-state index in [1.165, 1.54) is 10.8 Å². The Balaban J connectivity index is 1.70. The molecule has 3 aromatic rings. The summed E-state index contributed by atoms with van der Waals surface area (Å²) in [5.41, 5.74) is 3.74. The number of likely N-dealkylation sites (N-methyl/N-ethyl adjacent to an activating group) is 1. The van der Waals surface area contributed by atoms with Crippen LogP contribution in [0.1, 0.15) is 32.3 Å². The van der Waals surface area contributed by atoms with Crippen molar-refractivity contribution in [3.63, 3.8) is 0 Å². The van der Waals surface area contributed by atoms with Gasteiger partial charge in [-0.3, -0.25) is 0 Å². The highest BCUT2D eigenvalue weighted by Gasteiger charge is 2.19. The topological polar surface area (TPSA) is 52.0 Å². The summed E-state index contributed by atoms with van der Waals surface area (Å²) in [6.07, 6.45) is 1.71. The standard InChI is InChI=1S/C25H30N4O/c1-3-7-23(27-30)19-10-12-20(13-11-19)24-18-21-8-5-6-9-22(21)25(26-24)29-16-14-28(4-2)15-17-29/h5-6,8-13,18,30H,3-4,7,14-17H2,1-2H3/b27-23-. The zero-order valence-corrected chi connectivity index (χ0v) is 17.9. The van der Waals surface area contributed by atoms with Gasteiger partial charge in [-0.05, 0) is 30.0 Å². The minimum Gasteiger partial charge on any atom is -0.411 e. The highest BCUT2D eigenvalue weighted by Crippen LogP contribution is 2.31. The second-order valence-corrected chi connectivity index (χ2v) is 7.85. The molecule has 1 saturated heterocycles. The molecule has 2 heterocycles. The Morgan fingerprint density at radius 2 is 1.73 bits per heavy atom. The van der Waals surface area contributed by atoms with Crippen molar-refractivity contribution in [2.24, 2.45) is 5.16 Å². The molecule has 4 rings (SSSR count). The Kier molecular flexibility index (Phi) is 6.29. The third-order valence-corrected chi connectivity index (χ3v) is 5.96. The molecule has 1 fully saturated rings. The fraction of sp³-hybridized carbons (Fsp3) is 0.360. The van der Waals surface area contributed by atoms with Gasteiger partial charge < -0.3 is 15.0 Å². The van der Waals surface area contributed by atoms with Gasteiger partial charge in [0.05, 0.1) is 11.4 Å². The Morgan fingerprint density at radius 3 is 2.40 bits per heavy atom. The molecule has 1 aromatic heterocycles. The summed E-state index contributed by atoms with van der Waals surface area (Å²) in [6, 6.07) is 18.9. The fourth-order valence-electron chi connectivity index (χ4n) is 4.17. The summed E-state index contributed by atoms with van der Waals surface area (Å²) >= 11 is 0. The molecule has 0 radical (unpaired) electrons. The molecule has 1 aliphatic heterocycles. The molecule has 5 nitrogen and oxygen atoms in total. The van der Waals surface area contributed by atoms with Crippen LogP contribution >= 0.6 is 0 Å². The Morgan fingerprint density at radius 1 is 1.00 bits per heavy atom. The number of anilines is 1. The average Bonchev–Trinajstić information content (AvgIpc) is 2.82. The maximum Gasteiger partial charge on any atom is 0.137 e. The SMILES string of the molecule is CCC/C(=N/O)c1ccc(-c2cc3ccccc3c(N3CCN(CC)CC3)n2)cc1. The van der Waals surface area contributed by atoms with Gasteiger partial charge in [0.15, 0.2) is 0 Å². The molecule has 1 N–H and O–H groups in total. The highest BCUT2D eigenvalue weighted by molar-refractivity contribution is 6.00. The normalized spacial score (nSPS) is 15.7. The largest absolute Gasteiger partial charge is 0.411 e. The molecule has 1 aliphatic rings. The lowest BCUT2D eigenvalue weighted by molar-refractivity contribution is 0.271. The molecule has 30 heavy (non-hydrogen) atoms. The van der Waals surface area contributed by atoms with E-state index < -0.39 is 0 Å². The molecule has 0 spiro atoms. The predicted octanol–water partition coefficient (Wildman–Crippen LogP) is 5.02. The van der Waals surface area contributed by atoms with E-state index >= 15 is 0 Å². The zero-order chi connectivity index (χ0) is 20.9. The van der Waals surface area contributed by atoms with Crippen molar-refractivity contribution in [2.75, 3.05) is 37.6 Å². The van der Waals surface area contributed by atoms with Crippen molar-refractivity contribution in [1.82, 2.24) is 9.88 Å². The number of rotatable bonds is 6. The molecule has 2 aromatic carbocycles. The van der Waals surface area contributed by atoms with Crippen LogP contribution in [-0.2, 0) is 0 Å². The van der Waals surface area contributed by atoms with Crippen LogP contribution in [0.3, 0.4) is 0 Å². The Hall–Kier alpha value is -2.92. The quantitative estimate of drug-likeness (QED) is 0.357. The van der Waals surface area contributed by atoms with Crippen LogP contribution in [0.2, 0.25) is 0 Å². The van der Waals surface area contributed by atoms with Crippen LogP contribution in [0.15, 0.2) is 59.8 Å². The van der Waals surface area contributed by atoms with E-state index in [-0.39, 0.29) is 0 Å². The van der Waals surface area contributed by atoms with Crippen molar-refractivity contribution in [2.45, 2.75) is 26.7 Å². The fourth-order valence-corrected chi connectivity index (χ4v) is 4.17. The number of hydrogen-bond acceptors (Lipinski definition) is 5. The van der Waals surface area contributed by atoms with Crippen LogP contribution in [0.5, 0.6) is 0 Å². The minimum absolute atomic E-state index is 0.727. The van der Waals surface area contributed by atoms with E-state index in [1.54, 1.807) is 0 Å². The van der Waals surface area contributed by atoms with Crippen molar-refractivity contribution < 1.29 is 5.21 Å². The Labute approximate surface area is 178 Å². The molecule has 0 amide bonds. The molecule has 0 bridgehead atoms. The summed E-state index contributed by atoms with van der Waals surface area (Å²) in [4.78, 5) is 10.0. The number of hydrogen-bond donors (Lipinski definition) is 1. The summed E-state index contributed by atoms with van der Waals surface area (Å²) in [7, 11) is 0. The number of aromatic nitrogens is 1. The van der Waals surface area contributed by atoms with E-state index in [0.29, 0.717) is 0 Å². The van der Waals surface area contributed by atoms with Gasteiger partial charge in [0.2, 0.25) is 0 Å². The highest BCUT2D eigenvalue weighted by atomic mass is 16.4. The maximum absolute atomic E-state index is 9.30. The lowest BCUT2D eigenvalue weighted by Gasteiger charge is -2.35. The van der Waals surface area contributed by atoms with E-state index in [4.69, 9.17) is 4.98 Å². The van der Waals surface area contributed by atoms with Gasteiger partial charge in [-0.25, -0.2) is 4.98 Å².